The summed E-state index contributed by atoms with van der Waals surface area (Å²) in [5.41, 5.74) is 2.41. The van der Waals surface area contributed by atoms with Crippen LogP contribution < -0.4 is 4.74 Å². The molecule has 0 aliphatic carbocycles. The Kier molecular flexibility index (Phi) is 3.76. The smallest absolute Gasteiger partial charge is 0.406 e. The van der Waals surface area contributed by atoms with E-state index in [0.29, 0.717) is 0 Å². The highest BCUT2D eigenvalue weighted by Crippen LogP contribution is 2.26. The molecular weight excluding hydrogens is 257 g/mol. The van der Waals surface area contributed by atoms with E-state index in [0.717, 1.165) is 16.7 Å². The lowest BCUT2D eigenvalue weighted by molar-refractivity contribution is -0.274. The molecular formula is C14H11F3O2. The van der Waals surface area contributed by atoms with E-state index in [1.54, 1.807) is 36.4 Å². The molecule has 2 rings (SSSR count). The Morgan fingerprint density at radius 1 is 0.842 bits per heavy atom. The number of aliphatic hydroxyl groups excluding tert-OH is 1. The van der Waals surface area contributed by atoms with Crippen molar-refractivity contribution in [3.8, 4) is 16.9 Å². The van der Waals surface area contributed by atoms with Gasteiger partial charge in [-0.05, 0) is 28.8 Å². The zero-order valence-electron chi connectivity index (χ0n) is 9.82. The van der Waals surface area contributed by atoms with Gasteiger partial charge in [0, 0.05) is 0 Å². The number of halogens is 3. The predicted molar refractivity (Wildman–Crippen MR) is 64.5 cm³/mol. The molecule has 19 heavy (non-hydrogen) atoms. The lowest BCUT2D eigenvalue weighted by Gasteiger charge is -2.09. The SMILES string of the molecule is OCc1ccc(-c2ccc(OC(F)(F)F)cc2)cc1. The van der Waals surface area contributed by atoms with Crippen LogP contribution in [-0.2, 0) is 6.61 Å². The van der Waals surface area contributed by atoms with Crippen LogP contribution in [0.3, 0.4) is 0 Å². The third kappa shape index (κ3) is 3.72. The monoisotopic (exact) mass is 268 g/mol. The molecule has 2 aromatic carbocycles. The average molecular weight is 268 g/mol. The second-order valence-corrected chi connectivity index (χ2v) is 3.93. The Morgan fingerprint density at radius 2 is 1.32 bits per heavy atom. The first-order valence-corrected chi connectivity index (χ1v) is 5.54. The average Bonchev–Trinajstić information content (AvgIpc) is 2.38. The molecule has 0 aliphatic rings. The zero-order chi connectivity index (χ0) is 13.9. The first kappa shape index (κ1) is 13.4. The Bertz CT molecular complexity index is 530. The van der Waals surface area contributed by atoms with E-state index in [2.05, 4.69) is 4.74 Å². The minimum atomic E-state index is -4.68. The van der Waals surface area contributed by atoms with Gasteiger partial charge in [0.15, 0.2) is 0 Å². The van der Waals surface area contributed by atoms with Crippen molar-refractivity contribution < 1.29 is 23.0 Å². The summed E-state index contributed by atoms with van der Waals surface area (Å²) < 4.78 is 39.8. The molecule has 100 valence electrons. The van der Waals surface area contributed by atoms with Crippen LogP contribution in [0.4, 0.5) is 13.2 Å². The maximum atomic E-state index is 12.0. The summed E-state index contributed by atoms with van der Waals surface area (Å²) in [6.07, 6.45) is -4.68. The van der Waals surface area contributed by atoms with E-state index in [9.17, 15) is 13.2 Å². The molecule has 0 fully saturated rings. The van der Waals surface area contributed by atoms with Gasteiger partial charge in [0.05, 0.1) is 6.61 Å². The third-order valence-corrected chi connectivity index (χ3v) is 2.56. The maximum absolute atomic E-state index is 12.0. The quantitative estimate of drug-likeness (QED) is 0.918. The van der Waals surface area contributed by atoms with Crippen LogP contribution in [0.2, 0.25) is 0 Å². The Labute approximate surface area is 108 Å². The van der Waals surface area contributed by atoms with Gasteiger partial charge < -0.3 is 9.84 Å². The minimum absolute atomic E-state index is 0.0430. The number of hydrogen-bond donors (Lipinski definition) is 1. The normalized spacial score (nSPS) is 11.4. The van der Waals surface area contributed by atoms with Crippen molar-refractivity contribution in [3.63, 3.8) is 0 Å². The number of aliphatic hydroxyl groups is 1. The van der Waals surface area contributed by atoms with Crippen LogP contribution >= 0.6 is 0 Å². The fourth-order valence-electron chi connectivity index (χ4n) is 1.65. The number of ether oxygens (including phenoxy) is 1. The van der Waals surface area contributed by atoms with Crippen molar-refractivity contribution in [1.29, 1.82) is 0 Å². The van der Waals surface area contributed by atoms with Gasteiger partial charge in [-0.25, -0.2) is 0 Å². The highest BCUT2D eigenvalue weighted by atomic mass is 19.4. The Balaban J connectivity index is 2.17. The standard InChI is InChI=1S/C14H11F3O2/c15-14(16,17)19-13-7-5-12(6-8-13)11-3-1-10(9-18)2-4-11/h1-8,18H,9H2. The second kappa shape index (κ2) is 5.32. The molecule has 0 saturated heterocycles. The molecule has 0 aromatic heterocycles. The molecule has 0 atom stereocenters. The molecule has 0 bridgehead atoms. The van der Waals surface area contributed by atoms with Gasteiger partial charge in [-0.15, -0.1) is 13.2 Å². The Morgan fingerprint density at radius 3 is 1.74 bits per heavy atom. The van der Waals surface area contributed by atoms with Gasteiger partial charge in [-0.2, -0.15) is 0 Å². The molecule has 2 nitrogen and oxygen atoms in total. The van der Waals surface area contributed by atoms with Crippen LogP contribution in [0.25, 0.3) is 11.1 Å². The lowest BCUT2D eigenvalue weighted by atomic mass is 10.0. The van der Waals surface area contributed by atoms with E-state index in [-0.39, 0.29) is 12.4 Å². The maximum Gasteiger partial charge on any atom is 0.573 e. The van der Waals surface area contributed by atoms with Crippen molar-refractivity contribution in [3.05, 3.63) is 54.1 Å². The summed E-state index contributed by atoms with van der Waals surface area (Å²) in [5, 5.41) is 8.92. The van der Waals surface area contributed by atoms with Gasteiger partial charge in [0.2, 0.25) is 0 Å². The fraction of sp³-hybridized carbons (Fsp3) is 0.143. The van der Waals surface area contributed by atoms with Crippen molar-refractivity contribution in [2.45, 2.75) is 13.0 Å². The van der Waals surface area contributed by atoms with Gasteiger partial charge in [-0.3, -0.25) is 0 Å². The number of hydrogen-bond acceptors (Lipinski definition) is 2. The van der Waals surface area contributed by atoms with E-state index in [1.165, 1.54) is 12.1 Å². The lowest BCUT2D eigenvalue weighted by Crippen LogP contribution is -2.16. The molecule has 0 amide bonds. The Hall–Kier alpha value is -2.01. The molecule has 0 radical (unpaired) electrons. The van der Waals surface area contributed by atoms with Gasteiger partial charge in [0.25, 0.3) is 0 Å². The largest absolute Gasteiger partial charge is 0.573 e. The number of rotatable bonds is 3. The van der Waals surface area contributed by atoms with Crippen molar-refractivity contribution >= 4 is 0 Å². The van der Waals surface area contributed by atoms with Gasteiger partial charge in [0.1, 0.15) is 5.75 Å². The van der Waals surface area contributed by atoms with Crippen LogP contribution in [0.15, 0.2) is 48.5 Å². The van der Waals surface area contributed by atoms with Crippen molar-refractivity contribution in [2.75, 3.05) is 0 Å². The summed E-state index contributed by atoms with van der Waals surface area (Å²) in [6.45, 7) is -0.0430. The summed E-state index contributed by atoms with van der Waals surface area (Å²) >= 11 is 0. The minimum Gasteiger partial charge on any atom is -0.406 e. The highest BCUT2D eigenvalue weighted by molar-refractivity contribution is 5.64. The highest BCUT2D eigenvalue weighted by Gasteiger charge is 2.30. The number of alkyl halides is 3. The van der Waals surface area contributed by atoms with E-state index >= 15 is 0 Å². The molecule has 0 saturated carbocycles. The molecule has 0 heterocycles. The predicted octanol–water partition coefficient (Wildman–Crippen LogP) is 3.74. The first-order chi connectivity index (χ1) is 8.98. The van der Waals surface area contributed by atoms with E-state index in [1.807, 2.05) is 0 Å². The molecule has 2 aromatic rings. The van der Waals surface area contributed by atoms with Crippen LogP contribution in [0.1, 0.15) is 5.56 Å². The third-order valence-electron chi connectivity index (χ3n) is 2.56. The first-order valence-electron chi connectivity index (χ1n) is 5.54. The topological polar surface area (TPSA) is 29.5 Å². The number of benzene rings is 2. The fourth-order valence-corrected chi connectivity index (χ4v) is 1.65. The van der Waals surface area contributed by atoms with Gasteiger partial charge >= 0.3 is 6.36 Å². The summed E-state index contributed by atoms with van der Waals surface area (Å²) in [5.74, 6) is -0.247. The molecule has 1 N–H and O–H groups in total. The zero-order valence-corrected chi connectivity index (χ0v) is 9.82. The van der Waals surface area contributed by atoms with Crippen LogP contribution in [0, 0.1) is 0 Å². The summed E-state index contributed by atoms with van der Waals surface area (Å²) in [7, 11) is 0. The van der Waals surface area contributed by atoms with Crippen molar-refractivity contribution in [1.82, 2.24) is 0 Å². The van der Waals surface area contributed by atoms with Crippen molar-refractivity contribution in [2.24, 2.45) is 0 Å². The van der Waals surface area contributed by atoms with Crippen LogP contribution in [-0.4, -0.2) is 11.5 Å². The molecule has 5 heteroatoms. The van der Waals surface area contributed by atoms with E-state index < -0.39 is 6.36 Å². The van der Waals surface area contributed by atoms with Crippen LogP contribution in [0.5, 0.6) is 5.75 Å². The summed E-state index contributed by atoms with van der Waals surface area (Å²) in [6, 6.07) is 12.7. The molecule has 0 spiro atoms. The molecule has 0 aliphatic heterocycles. The molecule has 0 unspecified atom stereocenters. The summed E-state index contributed by atoms with van der Waals surface area (Å²) in [4.78, 5) is 0. The second-order valence-electron chi connectivity index (χ2n) is 3.93. The van der Waals surface area contributed by atoms with Gasteiger partial charge in [-0.1, -0.05) is 36.4 Å². The van der Waals surface area contributed by atoms with E-state index in [4.69, 9.17) is 5.11 Å².